The van der Waals surface area contributed by atoms with Crippen LogP contribution in [0.2, 0.25) is 0 Å². The van der Waals surface area contributed by atoms with Gasteiger partial charge in [0.2, 0.25) is 0 Å². The largest absolute Gasteiger partial charge is 0.497 e. The third-order valence-electron chi connectivity index (χ3n) is 4.36. The number of ether oxygens (including phenoxy) is 2. The van der Waals surface area contributed by atoms with E-state index >= 15 is 0 Å². The highest BCUT2D eigenvalue weighted by atomic mass is 16.5. The van der Waals surface area contributed by atoms with Gasteiger partial charge in [-0.2, -0.15) is 0 Å². The number of rotatable bonds is 4. The number of aromatic nitrogens is 1. The minimum atomic E-state index is 0.582. The average Bonchev–Trinajstić information content (AvgIpc) is 3.18. The van der Waals surface area contributed by atoms with Gasteiger partial charge in [0.1, 0.15) is 17.2 Å². The summed E-state index contributed by atoms with van der Waals surface area (Å²) in [6, 6.07) is 10.9. The molecule has 0 saturated carbocycles. The number of fused-ring (bicyclic) bond motifs is 2. The monoisotopic (exact) mass is 297 g/mol. The molecule has 1 aromatic heterocycles. The zero-order valence-electron chi connectivity index (χ0n) is 12.5. The molecular formula is C17H19N3O2. The lowest BCUT2D eigenvalue weighted by atomic mass is 10.2. The van der Waals surface area contributed by atoms with Crippen molar-refractivity contribution in [1.82, 2.24) is 10.3 Å². The molecule has 2 bridgehead atoms. The van der Waals surface area contributed by atoms with Gasteiger partial charge >= 0.3 is 0 Å². The molecule has 0 amide bonds. The summed E-state index contributed by atoms with van der Waals surface area (Å²) in [6.07, 6.45) is 4.88. The number of hydrogen-bond donors (Lipinski definition) is 1. The van der Waals surface area contributed by atoms with Crippen LogP contribution in [0.25, 0.3) is 0 Å². The van der Waals surface area contributed by atoms with Gasteiger partial charge < -0.3 is 19.7 Å². The van der Waals surface area contributed by atoms with E-state index in [1.165, 1.54) is 6.42 Å². The summed E-state index contributed by atoms with van der Waals surface area (Å²) in [4.78, 5) is 6.76. The van der Waals surface area contributed by atoms with Gasteiger partial charge in [-0.1, -0.05) is 6.07 Å². The van der Waals surface area contributed by atoms with E-state index in [0.717, 1.165) is 36.0 Å². The summed E-state index contributed by atoms with van der Waals surface area (Å²) in [6.45, 7) is 2.11. The second kappa shape index (κ2) is 5.50. The molecule has 0 aliphatic carbocycles. The lowest BCUT2D eigenvalue weighted by molar-refractivity contribution is 0.409. The van der Waals surface area contributed by atoms with Crippen LogP contribution in [-0.2, 0) is 0 Å². The third-order valence-corrected chi connectivity index (χ3v) is 4.36. The molecule has 1 aromatic carbocycles. The van der Waals surface area contributed by atoms with Gasteiger partial charge in [-0.3, -0.25) is 4.98 Å². The van der Waals surface area contributed by atoms with E-state index < -0.39 is 0 Å². The summed E-state index contributed by atoms with van der Waals surface area (Å²) < 4.78 is 11.1. The molecule has 114 valence electrons. The first-order valence-corrected chi connectivity index (χ1v) is 7.59. The zero-order valence-corrected chi connectivity index (χ0v) is 12.5. The first-order chi connectivity index (χ1) is 10.8. The number of anilines is 1. The molecule has 1 N–H and O–H groups in total. The molecule has 4 rings (SSSR count). The van der Waals surface area contributed by atoms with E-state index in [-0.39, 0.29) is 0 Å². The van der Waals surface area contributed by atoms with Crippen molar-refractivity contribution in [3.63, 3.8) is 0 Å². The van der Waals surface area contributed by atoms with Crippen LogP contribution >= 0.6 is 0 Å². The highest BCUT2D eigenvalue weighted by molar-refractivity contribution is 5.52. The number of nitrogens with one attached hydrogen (secondary N) is 1. The summed E-state index contributed by atoms with van der Waals surface area (Å²) in [7, 11) is 1.65. The van der Waals surface area contributed by atoms with Gasteiger partial charge in [-0.05, 0) is 18.6 Å². The van der Waals surface area contributed by atoms with Crippen molar-refractivity contribution in [2.45, 2.75) is 18.5 Å². The summed E-state index contributed by atoms with van der Waals surface area (Å²) in [5, 5.41) is 3.52. The van der Waals surface area contributed by atoms with Crippen molar-refractivity contribution in [2.75, 3.05) is 25.1 Å². The summed E-state index contributed by atoms with van der Waals surface area (Å²) in [5.74, 6) is 2.29. The van der Waals surface area contributed by atoms with Crippen LogP contribution in [0, 0.1) is 0 Å². The molecule has 0 spiro atoms. The molecule has 3 heterocycles. The molecule has 5 heteroatoms. The molecule has 2 atom stereocenters. The topological polar surface area (TPSA) is 46.6 Å². The first-order valence-electron chi connectivity index (χ1n) is 7.59. The van der Waals surface area contributed by atoms with Crippen molar-refractivity contribution in [3.05, 3.63) is 42.7 Å². The number of methoxy groups -OCH3 is 1. The minimum absolute atomic E-state index is 0.582. The Balaban J connectivity index is 1.54. The van der Waals surface area contributed by atoms with Crippen LogP contribution in [0.5, 0.6) is 17.2 Å². The van der Waals surface area contributed by atoms with Crippen LogP contribution in [0.15, 0.2) is 42.7 Å². The molecule has 5 nitrogen and oxygen atoms in total. The van der Waals surface area contributed by atoms with Gasteiger partial charge in [-0.25, -0.2) is 0 Å². The fourth-order valence-electron chi connectivity index (χ4n) is 3.30. The molecule has 2 aliphatic heterocycles. The summed E-state index contributed by atoms with van der Waals surface area (Å²) >= 11 is 0. The van der Waals surface area contributed by atoms with Crippen molar-refractivity contribution in [1.29, 1.82) is 0 Å². The molecule has 2 aromatic rings. The third kappa shape index (κ3) is 2.48. The van der Waals surface area contributed by atoms with Gasteiger partial charge in [0, 0.05) is 37.3 Å². The highest BCUT2D eigenvalue weighted by Crippen LogP contribution is 2.32. The number of benzene rings is 1. The molecule has 2 saturated heterocycles. The van der Waals surface area contributed by atoms with Gasteiger partial charge in [0.05, 0.1) is 25.2 Å². The molecule has 0 unspecified atom stereocenters. The lowest BCUT2D eigenvalue weighted by Gasteiger charge is -2.29. The Kier molecular flexibility index (Phi) is 3.35. The predicted molar refractivity (Wildman–Crippen MR) is 84.8 cm³/mol. The minimum Gasteiger partial charge on any atom is -0.497 e. The Morgan fingerprint density at radius 1 is 1.18 bits per heavy atom. The van der Waals surface area contributed by atoms with Crippen LogP contribution in [0.4, 0.5) is 5.69 Å². The Labute approximate surface area is 129 Å². The lowest BCUT2D eigenvalue weighted by Crippen LogP contribution is -2.43. The number of pyridine rings is 1. The van der Waals surface area contributed by atoms with Gasteiger partial charge in [-0.15, -0.1) is 0 Å². The molecular weight excluding hydrogens is 278 g/mol. The van der Waals surface area contributed by atoms with Crippen LogP contribution in [0.3, 0.4) is 0 Å². The van der Waals surface area contributed by atoms with E-state index in [1.807, 2.05) is 30.5 Å². The van der Waals surface area contributed by atoms with Crippen LogP contribution < -0.4 is 19.7 Å². The quantitative estimate of drug-likeness (QED) is 0.939. The molecule has 2 aliphatic rings. The second-order valence-electron chi connectivity index (χ2n) is 5.81. The van der Waals surface area contributed by atoms with E-state index in [4.69, 9.17) is 9.47 Å². The maximum absolute atomic E-state index is 5.92. The van der Waals surface area contributed by atoms with Crippen molar-refractivity contribution >= 4 is 5.69 Å². The van der Waals surface area contributed by atoms with Gasteiger partial charge in [0.25, 0.3) is 0 Å². The maximum Gasteiger partial charge on any atom is 0.147 e. The Bertz CT molecular complexity index is 676. The van der Waals surface area contributed by atoms with Crippen LogP contribution in [0.1, 0.15) is 6.42 Å². The zero-order chi connectivity index (χ0) is 14.9. The summed E-state index contributed by atoms with van der Waals surface area (Å²) in [5.41, 5.74) is 1.13. The van der Waals surface area contributed by atoms with E-state index in [9.17, 15) is 0 Å². The van der Waals surface area contributed by atoms with Crippen molar-refractivity contribution < 1.29 is 9.47 Å². The smallest absolute Gasteiger partial charge is 0.147 e. The predicted octanol–water partition coefficient (Wildman–Crippen LogP) is 2.43. The second-order valence-corrected chi connectivity index (χ2v) is 5.81. The average molecular weight is 297 g/mol. The fourth-order valence-corrected chi connectivity index (χ4v) is 3.30. The Hall–Kier alpha value is -2.27. The van der Waals surface area contributed by atoms with Crippen LogP contribution in [-0.4, -0.2) is 37.3 Å². The fraction of sp³-hybridized carbons (Fsp3) is 0.353. The maximum atomic E-state index is 5.92. The molecule has 0 radical (unpaired) electrons. The van der Waals surface area contributed by atoms with E-state index in [2.05, 4.69) is 21.3 Å². The van der Waals surface area contributed by atoms with Crippen molar-refractivity contribution in [2.24, 2.45) is 0 Å². The normalized spacial score (nSPS) is 22.9. The Morgan fingerprint density at radius 3 is 2.86 bits per heavy atom. The Morgan fingerprint density at radius 2 is 2.09 bits per heavy atom. The first kappa shape index (κ1) is 13.4. The van der Waals surface area contributed by atoms with Crippen molar-refractivity contribution in [3.8, 4) is 17.2 Å². The number of hydrogen-bond acceptors (Lipinski definition) is 5. The molecule has 2 fully saturated rings. The SMILES string of the molecule is COc1cccc(Oc2cncc(N3C[C@H]4C[C@H]3CN4)c2)c1. The van der Waals surface area contributed by atoms with E-state index in [0.29, 0.717) is 12.1 Å². The number of piperazine rings is 1. The molecule has 22 heavy (non-hydrogen) atoms. The standard InChI is InChI=1S/C17H19N3O2/c1-21-15-3-2-4-16(7-15)22-17-6-14(8-18-10-17)20-11-12-5-13(20)9-19-12/h2-4,6-8,10,12-13,19H,5,9,11H2,1H3/t12-,13+/m1/s1. The van der Waals surface area contributed by atoms with Gasteiger partial charge in [0.15, 0.2) is 0 Å². The highest BCUT2D eigenvalue weighted by Gasteiger charge is 2.37. The number of nitrogens with zero attached hydrogens (tertiary/aromatic N) is 2. The van der Waals surface area contributed by atoms with E-state index in [1.54, 1.807) is 13.3 Å².